The number of carbonyl (C=O) groups is 2. The van der Waals surface area contributed by atoms with E-state index in [2.05, 4.69) is 4.98 Å². The van der Waals surface area contributed by atoms with Gasteiger partial charge in [-0.3, -0.25) is 9.69 Å². The van der Waals surface area contributed by atoms with Crippen molar-refractivity contribution in [2.45, 2.75) is 33.3 Å². The number of aryl methyl sites for hydroxylation is 1. The van der Waals surface area contributed by atoms with Gasteiger partial charge in [0.1, 0.15) is 17.2 Å². The predicted molar refractivity (Wildman–Crippen MR) is 101 cm³/mol. The second-order valence-corrected chi connectivity index (χ2v) is 6.88. The van der Waals surface area contributed by atoms with Crippen LogP contribution in [0.4, 0.5) is 15.0 Å². The van der Waals surface area contributed by atoms with Crippen LogP contribution in [0.2, 0.25) is 0 Å². The second-order valence-electron chi connectivity index (χ2n) is 6.88. The zero-order chi connectivity index (χ0) is 20.6. The molecule has 0 fully saturated rings. The van der Waals surface area contributed by atoms with E-state index in [1.165, 1.54) is 24.3 Å². The summed E-state index contributed by atoms with van der Waals surface area (Å²) in [6.07, 6.45) is 3.37. The summed E-state index contributed by atoms with van der Waals surface area (Å²) < 4.78 is 24.2. The summed E-state index contributed by atoms with van der Waals surface area (Å²) >= 11 is 0. The Labute approximate surface area is 158 Å². The minimum atomic E-state index is -0.737. The van der Waals surface area contributed by atoms with Gasteiger partial charge < -0.3 is 15.2 Å². The van der Waals surface area contributed by atoms with E-state index in [1.54, 1.807) is 33.8 Å². The van der Waals surface area contributed by atoms with Crippen molar-refractivity contribution in [3.8, 4) is 0 Å². The van der Waals surface area contributed by atoms with Crippen molar-refractivity contribution >= 4 is 18.2 Å². The number of aldehydes is 1. The van der Waals surface area contributed by atoms with Crippen LogP contribution < -0.4 is 10.6 Å². The van der Waals surface area contributed by atoms with Gasteiger partial charge in [-0.1, -0.05) is 0 Å². The van der Waals surface area contributed by atoms with Crippen molar-refractivity contribution in [2.75, 3.05) is 25.2 Å². The first-order valence-electron chi connectivity index (χ1n) is 8.29. The van der Waals surface area contributed by atoms with Crippen molar-refractivity contribution in [1.29, 1.82) is 0 Å². The number of hydrogen-bond acceptors (Lipinski definition) is 6. The van der Waals surface area contributed by atoms with Crippen LogP contribution in [0.3, 0.4) is 0 Å². The first-order valence-corrected chi connectivity index (χ1v) is 8.29. The van der Waals surface area contributed by atoms with Gasteiger partial charge in [-0.25, -0.2) is 14.2 Å². The number of rotatable bonds is 7. The van der Waals surface area contributed by atoms with Crippen molar-refractivity contribution < 1.29 is 23.5 Å². The summed E-state index contributed by atoms with van der Waals surface area (Å²) in [6, 6.07) is 1.60. The molecule has 1 aromatic rings. The van der Waals surface area contributed by atoms with E-state index in [1.807, 2.05) is 0 Å². The molecule has 1 heterocycles. The molecule has 0 aromatic carbocycles. The maximum atomic E-state index is 13.6. The second kappa shape index (κ2) is 9.82. The largest absolute Gasteiger partial charge is 0.443 e. The molecule has 1 aromatic heterocycles. The molecule has 0 bridgehead atoms. The molecule has 0 aliphatic rings. The minimum Gasteiger partial charge on any atom is -0.443 e. The highest BCUT2D eigenvalue weighted by Gasteiger charge is 2.26. The van der Waals surface area contributed by atoms with E-state index in [9.17, 15) is 14.0 Å². The summed E-state index contributed by atoms with van der Waals surface area (Å²) in [7, 11) is 1.46. The lowest BCUT2D eigenvalue weighted by atomic mass is 10.1. The monoisotopic (exact) mass is 379 g/mol. The number of amides is 1. The number of methoxy groups -OCH3 is 1. The number of carbonyl (C=O) groups excluding carboxylic acids is 2. The molecule has 8 heteroatoms. The molecule has 0 aliphatic carbocycles. The molecule has 148 valence electrons. The van der Waals surface area contributed by atoms with Crippen LogP contribution in [0.1, 0.15) is 36.7 Å². The number of allylic oxidation sites excluding steroid dienone is 2. The summed E-state index contributed by atoms with van der Waals surface area (Å²) in [6.45, 7) is 6.97. The van der Waals surface area contributed by atoms with Gasteiger partial charge >= 0.3 is 6.09 Å². The molecule has 0 saturated carbocycles. The van der Waals surface area contributed by atoms with E-state index in [0.717, 1.165) is 6.20 Å². The van der Waals surface area contributed by atoms with Crippen molar-refractivity contribution in [2.24, 2.45) is 5.73 Å². The fourth-order valence-electron chi connectivity index (χ4n) is 2.24. The summed E-state index contributed by atoms with van der Waals surface area (Å²) in [5.74, 6) is -0.360. The highest BCUT2D eigenvalue weighted by atomic mass is 19.1. The van der Waals surface area contributed by atoms with E-state index in [4.69, 9.17) is 15.2 Å². The Kier molecular flexibility index (Phi) is 8.11. The Bertz CT molecular complexity index is 739. The lowest BCUT2D eigenvalue weighted by Crippen LogP contribution is -2.39. The quantitative estimate of drug-likeness (QED) is 0.577. The lowest BCUT2D eigenvalue weighted by Gasteiger charge is -2.28. The third-order valence-corrected chi connectivity index (χ3v) is 3.27. The molecule has 27 heavy (non-hydrogen) atoms. The lowest BCUT2D eigenvalue weighted by molar-refractivity contribution is 0.0580. The number of nitrogens with zero attached hydrogens (tertiary/aromatic N) is 2. The van der Waals surface area contributed by atoms with E-state index in [-0.39, 0.29) is 13.2 Å². The van der Waals surface area contributed by atoms with Crippen LogP contribution in [0.25, 0.3) is 0 Å². The molecule has 0 aliphatic heterocycles. The summed E-state index contributed by atoms with van der Waals surface area (Å²) in [5.41, 5.74) is 5.87. The highest BCUT2D eigenvalue weighted by molar-refractivity contribution is 5.88. The van der Waals surface area contributed by atoms with Crippen molar-refractivity contribution in [3.63, 3.8) is 0 Å². The number of nitrogens with two attached hydrogens (primary N) is 1. The van der Waals surface area contributed by atoms with Crippen LogP contribution in [-0.4, -0.2) is 43.2 Å². The van der Waals surface area contributed by atoms with Crippen LogP contribution in [0.5, 0.6) is 0 Å². The van der Waals surface area contributed by atoms with Gasteiger partial charge in [-0.2, -0.15) is 0 Å². The van der Waals surface area contributed by atoms with Crippen LogP contribution in [-0.2, 0) is 9.47 Å². The molecule has 7 nitrogen and oxygen atoms in total. The Morgan fingerprint density at radius 2 is 2.07 bits per heavy atom. The van der Waals surface area contributed by atoms with Gasteiger partial charge in [0.05, 0.1) is 13.2 Å². The molecule has 1 amide bonds. The highest BCUT2D eigenvalue weighted by Crippen LogP contribution is 2.22. The summed E-state index contributed by atoms with van der Waals surface area (Å²) in [4.78, 5) is 29.2. The number of aromatic nitrogens is 1. The average Bonchev–Trinajstić information content (AvgIpc) is 2.58. The zero-order valence-electron chi connectivity index (χ0n) is 16.3. The molecule has 1 rings (SSSR count). The standard InChI is InChI=1S/C19H26FN3O4/c1-13-6-14(11-24)9-22-17(13)23(18(25)27-19(2,3)4)10-15(12-26-5)7-16(20)8-21/h6-9,11H,10,12,21H2,1-5H3/b15-7-,16-8+. The van der Waals surface area contributed by atoms with Crippen molar-refractivity contribution in [1.82, 2.24) is 4.98 Å². The number of halogens is 1. The van der Waals surface area contributed by atoms with E-state index >= 15 is 0 Å². The Hall–Kier alpha value is -2.74. The first-order chi connectivity index (χ1) is 12.6. The maximum Gasteiger partial charge on any atom is 0.416 e. The number of hydrogen-bond donors (Lipinski definition) is 1. The maximum absolute atomic E-state index is 13.6. The van der Waals surface area contributed by atoms with Crippen LogP contribution >= 0.6 is 0 Å². The normalized spacial score (nSPS) is 12.7. The van der Waals surface area contributed by atoms with Gasteiger partial charge in [0.25, 0.3) is 0 Å². The first kappa shape index (κ1) is 22.3. The molecule has 0 spiro atoms. The Balaban J connectivity index is 3.34. The number of pyridine rings is 1. The minimum absolute atomic E-state index is 0.0295. The topological polar surface area (TPSA) is 94.8 Å². The van der Waals surface area contributed by atoms with Crippen LogP contribution in [0, 0.1) is 6.92 Å². The molecular formula is C19H26FN3O4. The van der Waals surface area contributed by atoms with E-state index in [0.29, 0.717) is 28.8 Å². The summed E-state index contributed by atoms with van der Waals surface area (Å²) in [5, 5.41) is 0. The van der Waals surface area contributed by atoms with E-state index < -0.39 is 17.5 Å². The molecule has 0 atom stereocenters. The third-order valence-electron chi connectivity index (χ3n) is 3.27. The molecule has 0 radical (unpaired) electrons. The Morgan fingerprint density at radius 3 is 2.56 bits per heavy atom. The van der Waals surface area contributed by atoms with Gasteiger partial charge in [0, 0.05) is 25.1 Å². The van der Waals surface area contributed by atoms with Gasteiger partial charge in [0.15, 0.2) is 6.29 Å². The fourth-order valence-corrected chi connectivity index (χ4v) is 2.24. The SMILES string of the molecule is COC/C(=C\C(F)=C/N)CN(C(=O)OC(C)(C)C)c1ncc(C=O)cc1C. The van der Waals surface area contributed by atoms with Gasteiger partial charge in [-0.15, -0.1) is 0 Å². The Morgan fingerprint density at radius 1 is 1.41 bits per heavy atom. The molecular weight excluding hydrogens is 353 g/mol. The molecule has 0 unspecified atom stereocenters. The predicted octanol–water partition coefficient (Wildman–Crippen LogP) is 3.29. The molecule has 2 N–H and O–H groups in total. The smallest absolute Gasteiger partial charge is 0.416 e. The molecule has 0 saturated heterocycles. The zero-order valence-corrected chi connectivity index (χ0v) is 16.3. The van der Waals surface area contributed by atoms with Crippen LogP contribution in [0.15, 0.2) is 35.9 Å². The van der Waals surface area contributed by atoms with Crippen molar-refractivity contribution in [3.05, 3.63) is 47.1 Å². The number of anilines is 1. The third kappa shape index (κ3) is 7.18. The number of ether oxygens (including phenoxy) is 2. The average molecular weight is 379 g/mol. The fraction of sp³-hybridized carbons (Fsp3) is 0.421. The van der Waals surface area contributed by atoms with Gasteiger partial charge in [0.2, 0.25) is 0 Å². The van der Waals surface area contributed by atoms with Gasteiger partial charge in [-0.05, 0) is 51.0 Å².